The van der Waals surface area contributed by atoms with E-state index in [2.05, 4.69) is 32.9 Å². The van der Waals surface area contributed by atoms with E-state index in [0.29, 0.717) is 19.3 Å². The molecule has 402 valence electrons. The SMILES string of the molecule is CCCCCCCCCC/C=C\CCCCCCCCCCCCCCCC(=O)OCC(COC(=O)CCCCCCCC)OC(=O)CCCCCCCCCCCCCCCCCCCCC. The molecule has 0 aromatic heterocycles. The van der Waals surface area contributed by atoms with Crippen LogP contribution >= 0.6 is 0 Å². The molecule has 6 nitrogen and oxygen atoms in total. The van der Waals surface area contributed by atoms with E-state index in [4.69, 9.17) is 14.2 Å². The lowest BCUT2D eigenvalue weighted by molar-refractivity contribution is -0.167. The number of carbonyl (C=O) groups is 3. The molecular weight excluding hydrogens is 841 g/mol. The van der Waals surface area contributed by atoms with Crippen LogP contribution in [0.4, 0.5) is 0 Å². The van der Waals surface area contributed by atoms with Gasteiger partial charge in [-0.1, -0.05) is 296 Å². The highest BCUT2D eigenvalue weighted by molar-refractivity contribution is 5.71. The van der Waals surface area contributed by atoms with Gasteiger partial charge in [-0.05, 0) is 44.9 Å². The summed E-state index contributed by atoms with van der Waals surface area (Å²) in [5.41, 5.74) is 0. The minimum atomic E-state index is -0.762. The van der Waals surface area contributed by atoms with Gasteiger partial charge in [-0.25, -0.2) is 0 Å². The van der Waals surface area contributed by atoms with Crippen molar-refractivity contribution in [1.82, 2.24) is 0 Å². The summed E-state index contributed by atoms with van der Waals surface area (Å²) in [6.45, 7) is 6.64. The molecule has 0 bridgehead atoms. The van der Waals surface area contributed by atoms with Gasteiger partial charge >= 0.3 is 17.9 Å². The molecule has 0 aliphatic carbocycles. The van der Waals surface area contributed by atoms with E-state index >= 15 is 0 Å². The Kier molecular flexibility index (Phi) is 56.2. The molecule has 0 amide bonds. The monoisotopic (exact) mass is 959 g/mol. The van der Waals surface area contributed by atoms with Gasteiger partial charge in [-0.2, -0.15) is 0 Å². The van der Waals surface area contributed by atoms with Gasteiger partial charge < -0.3 is 14.2 Å². The molecule has 0 heterocycles. The summed E-state index contributed by atoms with van der Waals surface area (Å²) in [6.07, 6.45) is 66.8. The van der Waals surface area contributed by atoms with Gasteiger partial charge in [0.1, 0.15) is 13.2 Å². The first-order chi connectivity index (χ1) is 33.5. The van der Waals surface area contributed by atoms with Crippen molar-refractivity contribution in [3.05, 3.63) is 12.2 Å². The minimum absolute atomic E-state index is 0.0646. The van der Waals surface area contributed by atoms with Crippen molar-refractivity contribution in [2.75, 3.05) is 13.2 Å². The summed E-state index contributed by atoms with van der Waals surface area (Å²) in [5.74, 6) is -0.850. The van der Waals surface area contributed by atoms with E-state index in [1.54, 1.807) is 0 Å². The van der Waals surface area contributed by atoms with Gasteiger partial charge in [0.15, 0.2) is 6.10 Å². The molecule has 0 aromatic rings. The summed E-state index contributed by atoms with van der Waals surface area (Å²) >= 11 is 0. The average Bonchev–Trinajstić information content (AvgIpc) is 3.34. The average molecular weight is 960 g/mol. The zero-order valence-corrected chi connectivity index (χ0v) is 46.2. The van der Waals surface area contributed by atoms with E-state index in [-0.39, 0.29) is 31.1 Å². The molecule has 0 rings (SSSR count). The number of allylic oxidation sites excluding steroid dienone is 2. The second-order valence-electron chi connectivity index (χ2n) is 21.0. The number of esters is 3. The Hall–Kier alpha value is -1.85. The van der Waals surface area contributed by atoms with Crippen molar-refractivity contribution in [2.45, 2.75) is 354 Å². The van der Waals surface area contributed by atoms with Gasteiger partial charge in [-0.15, -0.1) is 0 Å². The maximum absolute atomic E-state index is 12.8. The lowest BCUT2D eigenvalue weighted by Crippen LogP contribution is -2.30. The highest BCUT2D eigenvalue weighted by atomic mass is 16.6. The molecule has 0 saturated heterocycles. The third-order valence-electron chi connectivity index (χ3n) is 14.0. The Morgan fingerprint density at radius 2 is 0.485 bits per heavy atom. The second-order valence-corrected chi connectivity index (χ2v) is 21.0. The third kappa shape index (κ3) is 55.1. The van der Waals surface area contributed by atoms with Crippen LogP contribution in [0.1, 0.15) is 348 Å². The largest absolute Gasteiger partial charge is 0.462 e. The summed E-state index contributed by atoms with van der Waals surface area (Å²) in [6, 6.07) is 0. The molecule has 0 saturated carbocycles. The first kappa shape index (κ1) is 66.2. The van der Waals surface area contributed by atoms with Gasteiger partial charge in [0, 0.05) is 19.3 Å². The van der Waals surface area contributed by atoms with Gasteiger partial charge in [0.2, 0.25) is 0 Å². The van der Waals surface area contributed by atoms with E-state index in [1.165, 1.54) is 250 Å². The van der Waals surface area contributed by atoms with Crippen LogP contribution in [-0.2, 0) is 28.6 Å². The Morgan fingerprint density at radius 3 is 0.735 bits per heavy atom. The van der Waals surface area contributed by atoms with Crippen LogP contribution < -0.4 is 0 Å². The molecule has 0 spiro atoms. The van der Waals surface area contributed by atoms with Crippen molar-refractivity contribution in [1.29, 1.82) is 0 Å². The van der Waals surface area contributed by atoms with Gasteiger partial charge in [0.05, 0.1) is 0 Å². The molecule has 0 N–H and O–H groups in total. The zero-order chi connectivity index (χ0) is 49.3. The van der Waals surface area contributed by atoms with Crippen molar-refractivity contribution >= 4 is 17.9 Å². The fourth-order valence-corrected chi connectivity index (χ4v) is 9.38. The van der Waals surface area contributed by atoms with E-state index < -0.39 is 6.10 Å². The lowest BCUT2D eigenvalue weighted by Gasteiger charge is -2.18. The minimum Gasteiger partial charge on any atom is -0.462 e. The Labute approximate surface area is 424 Å². The highest BCUT2D eigenvalue weighted by Crippen LogP contribution is 2.18. The zero-order valence-electron chi connectivity index (χ0n) is 46.2. The van der Waals surface area contributed by atoms with Crippen LogP contribution in [0.25, 0.3) is 0 Å². The fraction of sp³-hybridized carbons (Fsp3) is 0.919. The molecule has 0 radical (unpaired) electrons. The molecule has 1 atom stereocenters. The second kappa shape index (κ2) is 57.7. The van der Waals surface area contributed by atoms with Crippen LogP contribution in [0.5, 0.6) is 0 Å². The van der Waals surface area contributed by atoms with E-state index in [0.717, 1.165) is 57.8 Å². The molecule has 68 heavy (non-hydrogen) atoms. The predicted molar refractivity (Wildman–Crippen MR) is 293 cm³/mol. The molecule has 0 aliphatic heterocycles. The number of ether oxygens (including phenoxy) is 3. The lowest BCUT2D eigenvalue weighted by atomic mass is 10.0. The Bertz CT molecular complexity index is 1060. The molecule has 6 heteroatoms. The number of unbranched alkanes of at least 4 members (excludes halogenated alkanes) is 44. The first-order valence-corrected chi connectivity index (χ1v) is 30.7. The molecule has 0 aromatic carbocycles. The van der Waals surface area contributed by atoms with Crippen LogP contribution in [0.3, 0.4) is 0 Å². The molecule has 0 aliphatic rings. The summed E-state index contributed by atoms with van der Waals surface area (Å²) in [5, 5.41) is 0. The fourth-order valence-electron chi connectivity index (χ4n) is 9.38. The van der Waals surface area contributed by atoms with Crippen LogP contribution in [-0.4, -0.2) is 37.2 Å². The molecule has 1 unspecified atom stereocenters. The van der Waals surface area contributed by atoms with Crippen molar-refractivity contribution in [3.63, 3.8) is 0 Å². The normalized spacial score (nSPS) is 12.0. The van der Waals surface area contributed by atoms with Crippen LogP contribution in [0, 0.1) is 0 Å². The quantitative estimate of drug-likeness (QED) is 0.0262. The maximum atomic E-state index is 12.8. The van der Waals surface area contributed by atoms with Crippen molar-refractivity contribution < 1.29 is 28.6 Å². The number of carbonyl (C=O) groups excluding carboxylic acids is 3. The first-order valence-electron chi connectivity index (χ1n) is 30.7. The van der Waals surface area contributed by atoms with E-state index in [1.807, 2.05) is 0 Å². The third-order valence-corrected chi connectivity index (χ3v) is 14.0. The van der Waals surface area contributed by atoms with Gasteiger partial charge in [0.25, 0.3) is 0 Å². The summed E-state index contributed by atoms with van der Waals surface area (Å²) in [4.78, 5) is 37.9. The van der Waals surface area contributed by atoms with E-state index in [9.17, 15) is 14.4 Å². The predicted octanol–water partition coefficient (Wildman–Crippen LogP) is 20.5. The molecule has 0 fully saturated rings. The highest BCUT2D eigenvalue weighted by Gasteiger charge is 2.19. The number of rotatable bonds is 57. The summed E-state index contributed by atoms with van der Waals surface area (Å²) in [7, 11) is 0. The maximum Gasteiger partial charge on any atom is 0.306 e. The Balaban J connectivity index is 4.03. The standard InChI is InChI=1S/C62H118O6/c1-4-7-10-13-16-18-20-22-24-26-28-29-30-31-32-33-35-36-38-40-42-44-46-49-52-55-61(64)67-58-59(57-66-60(63)54-51-48-15-12-9-6-3)68-62(65)56-53-50-47-45-43-41-39-37-34-27-25-23-21-19-17-14-11-8-5-2/h26,28,59H,4-25,27,29-58H2,1-3H3/b28-26-. The van der Waals surface area contributed by atoms with Crippen LogP contribution in [0.2, 0.25) is 0 Å². The molecular formula is C62H118O6. The van der Waals surface area contributed by atoms with Gasteiger partial charge in [-0.3, -0.25) is 14.4 Å². The number of hydrogen-bond acceptors (Lipinski definition) is 6. The smallest absolute Gasteiger partial charge is 0.306 e. The van der Waals surface area contributed by atoms with Crippen molar-refractivity contribution in [3.8, 4) is 0 Å². The summed E-state index contributed by atoms with van der Waals surface area (Å²) < 4.78 is 16.8. The van der Waals surface area contributed by atoms with Crippen molar-refractivity contribution in [2.24, 2.45) is 0 Å². The number of hydrogen-bond donors (Lipinski definition) is 0. The topological polar surface area (TPSA) is 78.9 Å². The Morgan fingerprint density at radius 1 is 0.279 bits per heavy atom. The van der Waals surface area contributed by atoms with Crippen LogP contribution in [0.15, 0.2) is 12.2 Å².